The van der Waals surface area contributed by atoms with E-state index < -0.39 is 11.9 Å². The van der Waals surface area contributed by atoms with Crippen molar-refractivity contribution >= 4 is 11.7 Å². The standard InChI is InChI=1S/C16H19N7O2/c1-2-3-12(16(24)25)13(15-19-22-23-20-15)8-10-4-6-11(7-5-10)14-9-17-21-18-14/h4-7,12-13H,2-3,8-9H2,1H3,(H,24,25)(H,19,20,22,23)/t12-,13-/m0/s1. The molecule has 25 heavy (non-hydrogen) atoms. The van der Waals surface area contributed by atoms with Gasteiger partial charge in [0.15, 0.2) is 5.82 Å². The van der Waals surface area contributed by atoms with Crippen LogP contribution in [0.2, 0.25) is 0 Å². The van der Waals surface area contributed by atoms with E-state index in [1.54, 1.807) is 0 Å². The van der Waals surface area contributed by atoms with E-state index >= 15 is 0 Å². The summed E-state index contributed by atoms with van der Waals surface area (Å²) in [5.74, 6) is -1.30. The van der Waals surface area contributed by atoms with Crippen molar-refractivity contribution in [3.8, 4) is 0 Å². The fourth-order valence-electron chi connectivity index (χ4n) is 3.00. The maximum absolute atomic E-state index is 11.7. The Kier molecular flexibility index (Phi) is 5.22. The second kappa shape index (κ2) is 7.73. The summed E-state index contributed by atoms with van der Waals surface area (Å²) in [6.45, 7) is 2.46. The minimum Gasteiger partial charge on any atom is -0.481 e. The highest BCUT2D eigenvalue weighted by Crippen LogP contribution is 2.30. The number of rotatable bonds is 8. The average molecular weight is 341 g/mol. The Morgan fingerprint density at radius 2 is 2.12 bits per heavy atom. The molecule has 2 heterocycles. The van der Waals surface area contributed by atoms with Gasteiger partial charge in [-0.05, 0) is 29.2 Å². The number of carbonyl (C=O) groups is 1. The predicted octanol–water partition coefficient (Wildman–Crippen LogP) is 2.20. The van der Waals surface area contributed by atoms with Gasteiger partial charge in [0.2, 0.25) is 0 Å². The van der Waals surface area contributed by atoms with Crippen molar-refractivity contribution in [1.29, 1.82) is 0 Å². The first-order chi connectivity index (χ1) is 12.2. The summed E-state index contributed by atoms with van der Waals surface area (Å²) in [7, 11) is 0. The number of tetrazole rings is 1. The van der Waals surface area contributed by atoms with Crippen LogP contribution in [0.1, 0.15) is 42.6 Å². The van der Waals surface area contributed by atoms with Gasteiger partial charge in [0.05, 0.1) is 11.6 Å². The highest BCUT2D eigenvalue weighted by atomic mass is 16.4. The molecule has 1 aliphatic rings. The van der Waals surface area contributed by atoms with Crippen LogP contribution >= 0.6 is 0 Å². The van der Waals surface area contributed by atoms with E-state index in [1.807, 2.05) is 31.2 Å². The normalized spacial score (nSPS) is 15.8. The van der Waals surface area contributed by atoms with E-state index in [0.717, 1.165) is 23.3 Å². The lowest BCUT2D eigenvalue weighted by atomic mass is 9.83. The van der Waals surface area contributed by atoms with Crippen LogP contribution in [0.15, 0.2) is 39.7 Å². The number of aromatic nitrogens is 4. The van der Waals surface area contributed by atoms with Gasteiger partial charge in [-0.15, -0.1) is 15.3 Å². The third-order valence-corrected chi connectivity index (χ3v) is 4.29. The maximum Gasteiger partial charge on any atom is 0.307 e. The van der Waals surface area contributed by atoms with Crippen molar-refractivity contribution in [2.45, 2.75) is 32.1 Å². The number of hydrogen-bond acceptors (Lipinski definition) is 7. The molecule has 0 aliphatic carbocycles. The highest BCUT2D eigenvalue weighted by Gasteiger charge is 2.31. The smallest absolute Gasteiger partial charge is 0.307 e. The molecule has 0 saturated heterocycles. The number of carboxylic acids is 1. The molecule has 2 aromatic rings. The van der Waals surface area contributed by atoms with Gasteiger partial charge in [-0.3, -0.25) is 4.79 Å². The summed E-state index contributed by atoms with van der Waals surface area (Å²) in [5.41, 5.74) is 2.80. The van der Waals surface area contributed by atoms with Crippen molar-refractivity contribution in [2.75, 3.05) is 6.54 Å². The van der Waals surface area contributed by atoms with Crippen molar-refractivity contribution in [2.24, 2.45) is 21.4 Å². The molecule has 0 fully saturated rings. The Bertz CT molecular complexity index is 768. The maximum atomic E-state index is 11.7. The van der Waals surface area contributed by atoms with Crippen molar-refractivity contribution in [3.05, 3.63) is 41.2 Å². The first kappa shape index (κ1) is 16.9. The molecule has 2 atom stereocenters. The molecule has 9 nitrogen and oxygen atoms in total. The van der Waals surface area contributed by atoms with Gasteiger partial charge >= 0.3 is 5.97 Å². The molecule has 0 amide bonds. The number of nitrogens with zero attached hydrogens (tertiary/aromatic N) is 6. The van der Waals surface area contributed by atoms with Gasteiger partial charge in [0.25, 0.3) is 0 Å². The first-order valence-corrected chi connectivity index (χ1v) is 8.17. The fourth-order valence-corrected chi connectivity index (χ4v) is 3.00. The molecule has 2 N–H and O–H groups in total. The Morgan fingerprint density at radius 1 is 1.32 bits per heavy atom. The van der Waals surface area contributed by atoms with Crippen LogP contribution in [0.25, 0.3) is 0 Å². The largest absolute Gasteiger partial charge is 0.481 e. The Labute approximate surface area is 144 Å². The zero-order valence-corrected chi connectivity index (χ0v) is 13.8. The molecule has 1 aliphatic heterocycles. The van der Waals surface area contributed by atoms with Gasteiger partial charge in [0, 0.05) is 5.92 Å². The molecular formula is C16H19N7O2. The fraction of sp³-hybridized carbons (Fsp3) is 0.438. The van der Waals surface area contributed by atoms with Crippen LogP contribution in [-0.2, 0) is 11.2 Å². The molecule has 1 aromatic heterocycles. The molecule has 0 spiro atoms. The number of aromatic amines is 1. The number of carboxylic acid groups (broad SMARTS) is 1. The lowest BCUT2D eigenvalue weighted by molar-refractivity contribution is -0.142. The average Bonchev–Trinajstić information content (AvgIpc) is 3.31. The second-order valence-corrected chi connectivity index (χ2v) is 5.95. The van der Waals surface area contributed by atoms with Gasteiger partial charge < -0.3 is 5.11 Å². The Hall–Kier alpha value is -2.97. The van der Waals surface area contributed by atoms with Crippen LogP contribution in [0.5, 0.6) is 0 Å². The molecular weight excluding hydrogens is 322 g/mol. The van der Waals surface area contributed by atoms with Crippen LogP contribution in [0.4, 0.5) is 0 Å². The summed E-state index contributed by atoms with van der Waals surface area (Å²) in [4.78, 5) is 11.7. The molecule has 130 valence electrons. The lowest BCUT2D eigenvalue weighted by Gasteiger charge is -2.21. The van der Waals surface area contributed by atoms with E-state index in [0.29, 0.717) is 25.2 Å². The minimum atomic E-state index is -0.836. The van der Waals surface area contributed by atoms with Crippen molar-refractivity contribution in [1.82, 2.24) is 20.6 Å². The summed E-state index contributed by atoms with van der Waals surface area (Å²) < 4.78 is 0. The highest BCUT2D eigenvalue weighted by molar-refractivity contribution is 6.02. The summed E-state index contributed by atoms with van der Waals surface area (Å²) in [5, 5.41) is 35.1. The third-order valence-electron chi connectivity index (χ3n) is 4.29. The molecule has 9 heteroatoms. The second-order valence-electron chi connectivity index (χ2n) is 5.95. The van der Waals surface area contributed by atoms with Crippen molar-refractivity contribution in [3.63, 3.8) is 0 Å². The number of nitrogens with one attached hydrogen (secondary N) is 1. The summed E-state index contributed by atoms with van der Waals surface area (Å²) in [6.07, 6.45) is 1.86. The zero-order valence-electron chi connectivity index (χ0n) is 13.8. The van der Waals surface area contributed by atoms with Crippen LogP contribution in [0, 0.1) is 5.92 Å². The molecule has 0 bridgehead atoms. The molecule has 0 radical (unpaired) electrons. The van der Waals surface area contributed by atoms with Gasteiger partial charge in [-0.25, -0.2) is 0 Å². The summed E-state index contributed by atoms with van der Waals surface area (Å²) >= 11 is 0. The van der Waals surface area contributed by atoms with E-state index in [4.69, 9.17) is 0 Å². The van der Waals surface area contributed by atoms with Crippen LogP contribution < -0.4 is 0 Å². The minimum absolute atomic E-state index is 0.337. The number of H-pyrrole nitrogens is 1. The third kappa shape index (κ3) is 3.93. The molecule has 1 aromatic carbocycles. The number of aliphatic carboxylic acids is 1. The quantitative estimate of drug-likeness (QED) is 0.760. The van der Waals surface area contributed by atoms with Crippen molar-refractivity contribution < 1.29 is 9.90 Å². The molecule has 0 saturated carbocycles. The number of hydrogen-bond donors (Lipinski definition) is 2. The van der Waals surface area contributed by atoms with Crippen LogP contribution in [0.3, 0.4) is 0 Å². The zero-order chi connectivity index (χ0) is 17.6. The SMILES string of the molecule is CCC[C@H](C(=O)O)[C@H](Cc1ccc(C2=NN=NC2)cc1)c1nn[nH]n1. The van der Waals surface area contributed by atoms with E-state index in [2.05, 4.69) is 36.1 Å². The number of benzene rings is 1. The van der Waals surface area contributed by atoms with E-state index in [9.17, 15) is 9.90 Å². The first-order valence-electron chi connectivity index (χ1n) is 8.17. The van der Waals surface area contributed by atoms with E-state index in [1.165, 1.54) is 0 Å². The summed E-state index contributed by atoms with van der Waals surface area (Å²) in [6, 6.07) is 7.84. The Balaban J connectivity index is 1.81. The topological polar surface area (TPSA) is 129 Å². The Morgan fingerprint density at radius 3 is 2.68 bits per heavy atom. The van der Waals surface area contributed by atoms with E-state index in [-0.39, 0.29) is 5.92 Å². The molecule has 0 unspecified atom stereocenters. The monoisotopic (exact) mass is 341 g/mol. The predicted molar refractivity (Wildman–Crippen MR) is 89.4 cm³/mol. The van der Waals surface area contributed by atoms with Gasteiger partial charge in [-0.2, -0.15) is 10.3 Å². The van der Waals surface area contributed by atoms with Crippen LogP contribution in [-0.4, -0.2) is 44.0 Å². The van der Waals surface area contributed by atoms with Gasteiger partial charge in [0.1, 0.15) is 6.54 Å². The lowest BCUT2D eigenvalue weighted by Crippen LogP contribution is -2.25. The molecule has 3 rings (SSSR count). The van der Waals surface area contributed by atoms with Gasteiger partial charge in [-0.1, -0.05) is 42.8 Å².